The molecule has 0 aliphatic carbocycles. The van der Waals surface area contributed by atoms with Crippen LogP contribution in [0.15, 0.2) is 18.2 Å². The maximum Gasteiger partial charge on any atom is 0.241 e. The van der Waals surface area contributed by atoms with Gasteiger partial charge in [-0.05, 0) is 57.5 Å². The van der Waals surface area contributed by atoms with E-state index < -0.39 is 0 Å². The number of hydrogen-bond donors (Lipinski definition) is 1. The van der Waals surface area contributed by atoms with Gasteiger partial charge in [0.25, 0.3) is 0 Å². The Balaban J connectivity index is 2.47. The molecule has 0 radical (unpaired) electrons. The lowest BCUT2D eigenvalue weighted by Gasteiger charge is -2.37. The molecule has 2 rings (SSSR count). The lowest BCUT2D eigenvalue weighted by Crippen LogP contribution is -2.48. The summed E-state index contributed by atoms with van der Waals surface area (Å²) in [7, 11) is 0. The minimum Gasteiger partial charge on any atom is -0.308 e. The van der Waals surface area contributed by atoms with Gasteiger partial charge in [-0.2, -0.15) is 0 Å². The Morgan fingerprint density at radius 1 is 1.39 bits per heavy atom. The molecule has 3 nitrogen and oxygen atoms in total. The molecule has 1 aliphatic rings. The first-order valence-electron chi connectivity index (χ1n) is 6.22. The van der Waals surface area contributed by atoms with Crippen molar-refractivity contribution < 1.29 is 4.79 Å². The van der Waals surface area contributed by atoms with E-state index in [4.69, 9.17) is 11.6 Å². The maximum absolute atomic E-state index is 12.3. The van der Waals surface area contributed by atoms with Crippen molar-refractivity contribution >= 4 is 23.2 Å². The Bertz CT molecular complexity index is 471. The molecular formula is C14H19ClN2O. The highest BCUT2D eigenvalue weighted by Crippen LogP contribution is 2.31. The summed E-state index contributed by atoms with van der Waals surface area (Å²) in [6.45, 7) is 7.45. The fourth-order valence-corrected chi connectivity index (χ4v) is 2.67. The molecule has 0 aromatic heterocycles. The van der Waals surface area contributed by atoms with E-state index in [2.05, 4.69) is 19.2 Å². The van der Waals surface area contributed by atoms with Crippen molar-refractivity contribution in [3.05, 3.63) is 28.8 Å². The van der Waals surface area contributed by atoms with Crippen LogP contribution in [-0.4, -0.2) is 24.5 Å². The Kier molecular flexibility index (Phi) is 3.64. The smallest absolute Gasteiger partial charge is 0.241 e. The Labute approximate surface area is 113 Å². The minimum atomic E-state index is -0.181. The Morgan fingerprint density at radius 2 is 2.11 bits per heavy atom. The number of nitrogens with zero attached hydrogens (tertiary/aromatic N) is 1. The van der Waals surface area contributed by atoms with E-state index in [1.165, 1.54) is 0 Å². The van der Waals surface area contributed by atoms with Crippen LogP contribution in [0.25, 0.3) is 0 Å². The third kappa shape index (κ3) is 2.52. The quantitative estimate of drug-likeness (QED) is 0.848. The molecule has 0 atom stereocenters. The van der Waals surface area contributed by atoms with Crippen LogP contribution in [0.4, 0.5) is 5.69 Å². The average Bonchev–Trinajstić information content (AvgIpc) is 2.39. The van der Waals surface area contributed by atoms with Crippen molar-refractivity contribution in [1.82, 2.24) is 5.32 Å². The topological polar surface area (TPSA) is 32.3 Å². The SMILES string of the molecule is Cc1cc(Cl)ccc1N1C(=O)CNCCC1(C)C. The van der Waals surface area contributed by atoms with Crippen molar-refractivity contribution in [3.63, 3.8) is 0 Å². The molecule has 1 fully saturated rings. The summed E-state index contributed by atoms with van der Waals surface area (Å²) in [6.07, 6.45) is 0.931. The molecule has 1 aliphatic heterocycles. The molecule has 0 unspecified atom stereocenters. The minimum absolute atomic E-state index is 0.114. The van der Waals surface area contributed by atoms with Crippen LogP contribution in [0.5, 0.6) is 0 Å². The lowest BCUT2D eigenvalue weighted by atomic mass is 9.96. The Hall–Kier alpha value is -1.06. The van der Waals surface area contributed by atoms with E-state index in [0.29, 0.717) is 11.6 Å². The zero-order valence-corrected chi connectivity index (χ0v) is 11.8. The number of carbonyl (C=O) groups excluding carboxylic acids is 1. The van der Waals surface area contributed by atoms with E-state index in [9.17, 15) is 4.79 Å². The standard InChI is InChI=1S/C14H19ClN2O/c1-10-8-11(15)4-5-12(10)17-13(18)9-16-7-6-14(17,2)3/h4-5,8,16H,6-7,9H2,1-3H3. The average molecular weight is 267 g/mol. The van der Waals surface area contributed by atoms with Gasteiger partial charge in [0.05, 0.1) is 6.54 Å². The summed E-state index contributed by atoms with van der Waals surface area (Å²) in [5, 5.41) is 3.87. The van der Waals surface area contributed by atoms with Crippen molar-refractivity contribution in [2.75, 3.05) is 18.0 Å². The second-order valence-corrected chi connectivity index (χ2v) is 5.84. The molecule has 1 aromatic carbocycles. The molecule has 4 heteroatoms. The van der Waals surface area contributed by atoms with Gasteiger partial charge in [-0.15, -0.1) is 0 Å². The maximum atomic E-state index is 12.3. The summed E-state index contributed by atoms with van der Waals surface area (Å²) in [5.41, 5.74) is 1.81. The summed E-state index contributed by atoms with van der Waals surface area (Å²) >= 11 is 5.98. The van der Waals surface area contributed by atoms with Crippen LogP contribution >= 0.6 is 11.6 Å². The predicted molar refractivity (Wildman–Crippen MR) is 75.2 cm³/mol. The van der Waals surface area contributed by atoms with Gasteiger partial charge in [0.15, 0.2) is 0 Å². The largest absolute Gasteiger partial charge is 0.308 e. The normalized spacial score (nSPS) is 19.8. The van der Waals surface area contributed by atoms with Crippen molar-refractivity contribution in [1.29, 1.82) is 0 Å². The van der Waals surface area contributed by atoms with Gasteiger partial charge in [0.2, 0.25) is 5.91 Å². The van der Waals surface area contributed by atoms with Gasteiger partial charge in [0, 0.05) is 16.2 Å². The van der Waals surface area contributed by atoms with Gasteiger partial charge < -0.3 is 10.2 Å². The summed E-state index contributed by atoms with van der Waals surface area (Å²) in [4.78, 5) is 14.2. The van der Waals surface area contributed by atoms with Crippen LogP contribution in [-0.2, 0) is 4.79 Å². The fourth-order valence-electron chi connectivity index (χ4n) is 2.45. The van der Waals surface area contributed by atoms with E-state index in [-0.39, 0.29) is 11.4 Å². The summed E-state index contributed by atoms with van der Waals surface area (Å²) < 4.78 is 0. The van der Waals surface area contributed by atoms with Crippen LogP contribution in [0.1, 0.15) is 25.8 Å². The van der Waals surface area contributed by atoms with Crippen LogP contribution in [0.3, 0.4) is 0 Å². The highest BCUT2D eigenvalue weighted by atomic mass is 35.5. The molecule has 0 saturated carbocycles. The van der Waals surface area contributed by atoms with Gasteiger partial charge in [0.1, 0.15) is 0 Å². The number of halogens is 1. The zero-order chi connectivity index (χ0) is 13.3. The number of anilines is 1. The third-order valence-electron chi connectivity index (χ3n) is 3.44. The van der Waals surface area contributed by atoms with Gasteiger partial charge in [-0.1, -0.05) is 11.6 Å². The highest BCUT2D eigenvalue weighted by molar-refractivity contribution is 6.30. The molecule has 1 N–H and O–H groups in total. The number of benzene rings is 1. The number of aryl methyl sites for hydroxylation is 1. The fraction of sp³-hybridized carbons (Fsp3) is 0.500. The van der Waals surface area contributed by atoms with E-state index in [1.807, 2.05) is 30.0 Å². The second-order valence-electron chi connectivity index (χ2n) is 5.40. The van der Waals surface area contributed by atoms with E-state index in [0.717, 1.165) is 24.2 Å². The molecule has 0 spiro atoms. The molecule has 18 heavy (non-hydrogen) atoms. The monoisotopic (exact) mass is 266 g/mol. The molecule has 1 saturated heterocycles. The van der Waals surface area contributed by atoms with E-state index >= 15 is 0 Å². The molecule has 98 valence electrons. The van der Waals surface area contributed by atoms with Gasteiger partial charge >= 0.3 is 0 Å². The summed E-state index contributed by atoms with van der Waals surface area (Å²) in [5.74, 6) is 0.114. The first-order chi connectivity index (χ1) is 8.42. The molecule has 0 bridgehead atoms. The summed E-state index contributed by atoms with van der Waals surface area (Å²) in [6, 6.07) is 5.67. The number of amides is 1. The first-order valence-corrected chi connectivity index (χ1v) is 6.59. The van der Waals surface area contributed by atoms with Gasteiger partial charge in [-0.25, -0.2) is 0 Å². The molecule has 1 amide bonds. The number of nitrogens with one attached hydrogen (secondary N) is 1. The van der Waals surface area contributed by atoms with Crippen molar-refractivity contribution in [2.24, 2.45) is 0 Å². The second kappa shape index (κ2) is 4.90. The third-order valence-corrected chi connectivity index (χ3v) is 3.68. The van der Waals surface area contributed by atoms with Crippen LogP contribution in [0, 0.1) is 6.92 Å². The molecular weight excluding hydrogens is 248 g/mol. The number of rotatable bonds is 1. The Morgan fingerprint density at radius 3 is 2.78 bits per heavy atom. The van der Waals surface area contributed by atoms with Crippen LogP contribution in [0.2, 0.25) is 5.02 Å². The van der Waals surface area contributed by atoms with Crippen LogP contribution < -0.4 is 10.2 Å². The molecule has 1 aromatic rings. The number of hydrogen-bond acceptors (Lipinski definition) is 2. The molecule has 1 heterocycles. The lowest BCUT2D eigenvalue weighted by molar-refractivity contribution is -0.118. The first kappa shape index (κ1) is 13.4. The predicted octanol–water partition coefficient (Wildman–Crippen LogP) is 2.75. The zero-order valence-electron chi connectivity index (χ0n) is 11.1. The highest BCUT2D eigenvalue weighted by Gasteiger charge is 2.34. The van der Waals surface area contributed by atoms with Gasteiger partial charge in [-0.3, -0.25) is 4.79 Å². The number of carbonyl (C=O) groups is 1. The van der Waals surface area contributed by atoms with Crippen molar-refractivity contribution in [2.45, 2.75) is 32.7 Å². The van der Waals surface area contributed by atoms with E-state index in [1.54, 1.807) is 0 Å². The van der Waals surface area contributed by atoms with Crippen molar-refractivity contribution in [3.8, 4) is 0 Å².